The Labute approximate surface area is 148 Å². The zero-order valence-corrected chi connectivity index (χ0v) is 14.4. The van der Waals surface area contributed by atoms with Crippen LogP contribution in [-0.4, -0.2) is 39.8 Å². The van der Waals surface area contributed by atoms with Gasteiger partial charge in [-0.1, -0.05) is 37.1 Å². The summed E-state index contributed by atoms with van der Waals surface area (Å²) in [4.78, 5) is 22.2. The molecular weight excluding hydrogens is 322 g/mol. The molecule has 0 fully saturated rings. The number of allylic oxidation sites excluding steroid dienone is 1. The molecule has 0 saturated heterocycles. The third kappa shape index (κ3) is 9.52. The van der Waals surface area contributed by atoms with Crippen LogP contribution in [0.4, 0.5) is 0 Å². The van der Waals surface area contributed by atoms with Gasteiger partial charge in [0.1, 0.15) is 5.75 Å². The molecule has 1 amide bonds. The van der Waals surface area contributed by atoms with Gasteiger partial charge in [-0.2, -0.15) is 0 Å². The van der Waals surface area contributed by atoms with Gasteiger partial charge in [-0.3, -0.25) is 9.59 Å². The molecule has 25 heavy (non-hydrogen) atoms. The van der Waals surface area contributed by atoms with Crippen molar-refractivity contribution in [3.05, 3.63) is 42.0 Å². The number of aromatic hydroxyl groups is 1. The van der Waals surface area contributed by atoms with Gasteiger partial charge in [-0.15, -0.1) is 0 Å². The van der Waals surface area contributed by atoms with E-state index in [2.05, 4.69) is 5.32 Å². The summed E-state index contributed by atoms with van der Waals surface area (Å²) in [7, 11) is 0. The monoisotopic (exact) mass is 349 g/mol. The molecule has 0 aliphatic heterocycles. The molecule has 0 aromatic heterocycles. The Morgan fingerprint density at radius 3 is 2.52 bits per heavy atom. The summed E-state index contributed by atoms with van der Waals surface area (Å²) in [5, 5.41) is 30.4. The molecule has 6 nitrogen and oxygen atoms in total. The first-order valence-electron chi connectivity index (χ1n) is 8.59. The van der Waals surface area contributed by atoms with Crippen LogP contribution in [0.1, 0.15) is 44.1 Å². The second-order valence-electron chi connectivity index (χ2n) is 5.97. The number of carbonyl (C=O) groups excluding carboxylic acids is 1. The van der Waals surface area contributed by atoms with Gasteiger partial charge in [0.2, 0.25) is 5.91 Å². The fourth-order valence-corrected chi connectivity index (χ4v) is 2.44. The fraction of sp³-hybridized carbons (Fsp3) is 0.474. The number of para-hydroxylation sites is 1. The van der Waals surface area contributed by atoms with Crippen molar-refractivity contribution in [2.75, 3.05) is 6.61 Å². The lowest BCUT2D eigenvalue weighted by Crippen LogP contribution is -2.38. The predicted octanol–water partition coefficient (Wildman–Crippen LogP) is 2.39. The quantitative estimate of drug-likeness (QED) is 0.342. The van der Waals surface area contributed by atoms with Gasteiger partial charge in [0.15, 0.2) is 0 Å². The van der Waals surface area contributed by atoms with Gasteiger partial charge in [-0.05, 0) is 43.4 Å². The molecule has 6 heteroatoms. The Balaban J connectivity index is 2.25. The summed E-state index contributed by atoms with van der Waals surface area (Å²) in [5.41, 5.74) is 0.673. The number of aliphatic hydroxyl groups is 1. The van der Waals surface area contributed by atoms with Crippen molar-refractivity contribution in [3.8, 4) is 5.75 Å². The largest absolute Gasteiger partial charge is 0.508 e. The summed E-state index contributed by atoms with van der Waals surface area (Å²) in [5.74, 6) is -0.896. The van der Waals surface area contributed by atoms with Crippen molar-refractivity contribution >= 4 is 11.9 Å². The molecule has 0 radical (unpaired) electrons. The number of carboxylic acid groups (broad SMARTS) is 1. The molecule has 0 bridgehead atoms. The van der Waals surface area contributed by atoms with E-state index < -0.39 is 12.0 Å². The van der Waals surface area contributed by atoms with Gasteiger partial charge >= 0.3 is 5.97 Å². The van der Waals surface area contributed by atoms with Crippen molar-refractivity contribution in [1.29, 1.82) is 0 Å². The van der Waals surface area contributed by atoms with Crippen LogP contribution < -0.4 is 5.32 Å². The molecule has 0 unspecified atom stereocenters. The van der Waals surface area contributed by atoms with Crippen molar-refractivity contribution in [2.24, 2.45) is 0 Å². The van der Waals surface area contributed by atoms with Crippen LogP contribution >= 0.6 is 0 Å². The number of nitrogens with one attached hydrogen (secondary N) is 1. The molecule has 138 valence electrons. The van der Waals surface area contributed by atoms with Crippen LogP contribution in [0.2, 0.25) is 0 Å². The molecular formula is C19H27NO5. The number of carboxylic acids is 1. The molecule has 0 spiro atoms. The third-order valence-electron chi connectivity index (χ3n) is 3.81. The highest BCUT2D eigenvalue weighted by atomic mass is 16.4. The van der Waals surface area contributed by atoms with E-state index in [0.29, 0.717) is 18.4 Å². The van der Waals surface area contributed by atoms with Crippen LogP contribution in [0.3, 0.4) is 0 Å². The van der Waals surface area contributed by atoms with Crippen LogP contribution in [0, 0.1) is 0 Å². The maximum Gasteiger partial charge on any atom is 0.303 e. The highest BCUT2D eigenvalue weighted by Gasteiger charge is 2.12. The maximum absolute atomic E-state index is 11.9. The van der Waals surface area contributed by atoms with E-state index in [0.717, 1.165) is 25.7 Å². The van der Waals surface area contributed by atoms with E-state index in [1.54, 1.807) is 30.3 Å². The van der Waals surface area contributed by atoms with Crippen molar-refractivity contribution in [1.82, 2.24) is 5.32 Å². The number of phenols is 1. The van der Waals surface area contributed by atoms with Crippen molar-refractivity contribution in [2.45, 2.75) is 51.0 Å². The Bertz CT molecular complexity index is 571. The Morgan fingerprint density at radius 2 is 1.84 bits per heavy atom. The van der Waals surface area contributed by atoms with Crippen molar-refractivity contribution in [3.63, 3.8) is 0 Å². The molecule has 1 aromatic rings. The topological polar surface area (TPSA) is 107 Å². The molecule has 0 heterocycles. The Morgan fingerprint density at radius 1 is 1.12 bits per heavy atom. The van der Waals surface area contributed by atoms with Crippen LogP contribution in [-0.2, 0) is 16.0 Å². The van der Waals surface area contributed by atoms with Gasteiger partial charge in [0.25, 0.3) is 0 Å². The maximum atomic E-state index is 11.9. The van der Waals surface area contributed by atoms with E-state index in [9.17, 15) is 19.8 Å². The number of rotatable bonds is 12. The molecule has 1 rings (SSSR count). The van der Waals surface area contributed by atoms with E-state index in [4.69, 9.17) is 5.11 Å². The SMILES string of the molecule is O=C(O)CCCCCC/C=C/C(=O)N[C@H](CO)Cc1ccccc1O. The first kappa shape index (κ1) is 20.7. The van der Waals surface area contributed by atoms with E-state index in [1.807, 2.05) is 0 Å². The van der Waals surface area contributed by atoms with Crippen LogP contribution in [0.25, 0.3) is 0 Å². The second kappa shape index (κ2) is 12.1. The lowest BCUT2D eigenvalue weighted by atomic mass is 10.1. The first-order chi connectivity index (χ1) is 12.0. The number of benzene rings is 1. The summed E-state index contributed by atoms with van der Waals surface area (Å²) < 4.78 is 0. The number of phenolic OH excluding ortho intramolecular Hbond substituents is 1. The molecule has 0 aliphatic carbocycles. The number of hydrogen-bond acceptors (Lipinski definition) is 4. The Hall–Kier alpha value is -2.34. The summed E-state index contributed by atoms with van der Waals surface area (Å²) in [6.07, 6.45) is 7.94. The molecule has 1 aromatic carbocycles. The first-order valence-corrected chi connectivity index (χ1v) is 8.59. The molecule has 4 N–H and O–H groups in total. The number of hydrogen-bond donors (Lipinski definition) is 4. The smallest absolute Gasteiger partial charge is 0.303 e. The van der Waals surface area contributed by atoms with E-state index in [-0.39, 0.29) is 24.7 Å². The average Bonchev–Trinajstić information content (AvgIpc) is 2.58. The lowest BCUT2D eigenvalue weighted by Gasteiger charge is -2.15. The highest BCUT2D eigenvalue weighted by Crippen LogP contribution is 2.17. The van der Waals surface area contributed by atoms with Gasteiger partial charge < -0.3 is 20.6 Å². The molecule has 0 aliphatic rings. The zero-order chi connectivity index (χ0) is 18.5. The van der Waals surface area contributed by atoms with E-state index in [1.165, 1.54) is 6.08 Å². The minimum atomic E-state index is -0.765. The summed E-state index contributed by atoms with van der Waals surface area (Å²) in [6, 6.07) is 6.38. The second-order valence-corrected chi connectivity index (χ2v) is 5.97. The highest BCUT2D eigenvalue weighted by molar-refractivity contribution is 5.87. The summed E-state index contributed by atoms with van der Waals surface area (Å²) >= 11 is 0. The predicted molar refractivity (Wildman–Crippen MR) is 95.3 cm³/mol. The average molecular weight is 349 g/mol. The number of unbranched alkanes of at least 4 members (excludes halogenated alkanes) is 4. The molecule has 0 saturated carbocycles. The normalized spacial score (nSPS) is 12.2. The van der Waals surface area contributed by atoms with Gasteiger partial charge in [-0.25, -0.2) is 0 Å². The number of amides is 1. The third-order valence-corrected chi connectivity index (χ3v) is 3.81. The lowest BCUT2D eigenvalue weighted by molar-refractivity contribution is -0.137. The van der Waals surface area contributed by atoms with E-state index >= 15 is 0 Å². The van der Waals surface area contributed by atoms with Gasteiger partial charge in [0, 0.05) is 6.42 Å². The Kier molecular flexibility index (Phi) is 10.0. The number of carbonyl (C=O) groups is 2. The molecule has 1 atom stereocenters. The van der Waals surface area contributed by atoms with Crippen LogP contribution in [0.5, 0.6) is 5.75 Å². The minimum Gasteiger partial charge on any atom is -0.508 e. The zero-order valence-electron chi connectivity index (χ0n) is 14.4. The minimum absolute atomic E-state index is 0.147. The fourth-order valence-electron chi connectivity index (χ4n) is 2.44. The van der Waals surface area contributed by atoms with Gasteiger partial charge in [0.05, 0.1) is 12.6 Å². The standard InChI is InChI=1S/C19H27NO5/c21-14-16(13-15-9-7-8-10-17(15)22)20-18(23)11-5-3-1-2-4-6-12-19(24)25/h5,7-11,16,21-22H,1-4,6,12-14H2,(H,20,23)(H,24,25)/b11-5+/t16-/m0/s1. The number of aliphatic carboxylic acids is 1. The number of aliphatic hydroxyl groups excluding tert-OH is 1. The summed E-state index contributed by atoms with van der Waals surface area (Å²) in [6.45, 7) is -0.211. The van der Waals surface area contributed by atoms with Crippen LogP contribution in [0.15, 0.2) is 36.4 Å². The van der Waals surface area contributed by atoms with Crippen molar-refractivity contribution < 1.29 is 24.9 Å².